The Labute approximate surface area is 147 Å². The van der Waals surface area contributed by atoms with Crippen molar-refractivity contribution in [2.24, 2.45) is 10.9 Å². The molecule has 2 aromatic rings. The van der Waals surface area contributed by atoms with E-state index < -0.39 is 29.9 Å². The van der Waals surface area contributed by atoms with Crippen molar-refractivity contribution >= 4 is 12.0 Å². The zero-order valence-electron chi connectivity index (χ0n) is 13.6. The monoisotopic (exact) mass is 366 g/mol. The average Bonchev–Trinajstić information content (AvgIpc) is 3.40. The third kappa shape index (κ3) is 2.75. The molecule has 26 heavy (non-hydrogen) atoms. The molecule has 4 rings (SSSR count). The smallest absolute Gasteiger partial charge is 0.339 e. The zero-order valence-corrected chi connectivity index (χ0v) is 13.6. The lowest BCUT2D eigenvalue weighted by molar-refractivity contribution is -0.146. The minimum Gasteiger partial charge on any atom is -0.339 e. The van der Waals surface area contributed by atoms with Gasteiger partial charge in [0.15, 0.2) is 0 Å². The van der Waals surface area contributed by atoms with Gasteiger partial charge in [-0.3, -0.25) is 0 Å². The van der Waals surface area contributed by atoms with Gasteiger partial charge in [0.05, 0.1) is 17.6 Å². The van der Waals surface area contributed by atoms with Crippen LogP contribution in [0.25, 0.3) is 0 Å². The standard InChI is InChI=1S/C19H15F5N2/c20-14-5-3-13(4-6-14)19(12-1-2-12)16-9-15(21)7-8-17(16)25-11-26(19)10-18(22,23)24/h3-9,11-12H,1-2,10H2. The summed E-state index contributed by atoms with van der Waals surface area (Å²) in [6, 6.07) is 9.34. The molecule has 1 unspecified atom stereocenters. The molecule has 0 N–H and O–H groups in total. The predicted octanol–water partition coefficient (Wildman–Crippen LogP) is 5.16. The fourth-order valence-electron chi connectivity index (χ4n) is 3.88. The number of nitrogens with zero attached hydrogens (tertiary/aromatic N) is 2. The van der Waals surface area contributed by atoms with Crippen molar-refractivity contribution in [1.29, 1.82) is 0 Å². The molecular formula is C19H15F5N2. The lowest BCUT2D eigenvalue weighted by atomic mass is 9.75. The molecule has 1 heterocycles. The van der Waals surface area contributed by atoms with Gasteiger partial charge in [-0.1, -0.05) is 12.1 Å². The number of alkyl halides is 3. The number of halogens is 5. The molecule has 0 radical (unpaired) electrons. The van der Waals surface area contributed by atoms with Crippen molar-refractivity contribution in [3.05, 3.63) is 65.2 Å². The highest BCUT2D eigenvalue weighted by Gasteiger charge is 2.55. The van der Waals surface area contributed by atoms with Crippen LogP contribution in [0.1, 0.15) is 24.0 Å². The van der Waals surface area contributed by atoms with Gasteiger partial charge < -0.3 is 4.90 Å². The van der Waals surface area contributed by atoms with Gasteiger partial charge in [0, 0.05) is 5.56 Å². The minimum absolute atomic E-state index is 0.136. The molecular weight excluding hydrogens is 351 g/mol. The van der Waals surface area contributed by atoms with E-state index in [2.05, 4.69) is 4.99 Å². The van der Waals surface area contributed by atoms with E-state index in [-0.39, 0.29) is 5.92 Å². The molecule has 0 aromatic heterocycles. The molecule has 1 aliphatic heterocycles. The van der Waals surface area contributed by atoms with Crippen LogP contribution >= 0.6 is 0 Å². The molecule has 7 heteroatoms. The minimum atomic E-state index is -4.46. The maximum absolute atomic E-state index is 14.0. The second kappa shape index (κ2) is 5.79. The second-order valence-electron chi connectivity index (χ2n) is 6.70. The van der Waals surface area contributed by atoms with Crippen molar-refractivity contribution in [3.63, 3.8) is 0 Å². The van der Waals surface area contributed by atoms with E-state index >= 15 is 0 Å². The highest BCUT2D eigenvalue weighted by Crippen LogP contribution is 2.56. The van der Waals surface area contributed by atoms with Gasteiger partial charge >= 0.3 is 6.18 Å². The van der Waals surface area contributed by atoms with Crippen LogP contribution < -0.4 is 0 Å². The Balaban J connectivity index is 1.97. The van der Waals surface area contributed by atoms with Crippen molar-refractivity contribution in [2.45, 2.75) is 24.6 Å². The molecule has 0 saturated heterocycles. The Kier molecular flexibility index (Phi) is 3.78. The summed E-state index contributed by atoms with van der Waals surface area (Å²) in [7, 11) is 0. The summed E-state index contributed by atoms with van der Waals surface area (Å²) in [6.07, 6.45) is -1.88. The fraction of sp³-hybridized carbons (Fsp3) is 0.316. The predicted molar refractivity (Wildman–Crippen MR) is 87.2 cm³/mol. The first kappa shape index (κ1) is 17.0. The molecule has 136 valence electrons. The zero-order chi connectivity index (χ0) is 18.5. The Hall–Kier alpha value is -2.44. The first-order valence-electron chi connectivity index (χ1n) is 8.24. The molecule has 1 saturated carbocycles. The lowest BCUT2D eigenvalue weighted by Crippen LogP contribution is -2.53. The molecule has 0 spiro atoms. The summed E-state index contributed by atoms with van der Waals surface area (Å²) in [5.41, 5.74) is 0.102. The summed E-state index contributed by atoms with van der Waals surface area (Å²) in [5, 5.41) is 0. The van der Waals surface area contributed by atoms with Crippen molar-refractivity contribution < 1.29 is 22.0 Å². The van der Waals surface area contributed by atoms with Crippen LogP contribution in [0.4, 0.5) is 27.6 Å². The summed E-state index contributed by atoms with van der Waals surface area (Å²) in [5.74, 6) is -1.16. The summed E-state index contributed by atoms with van der Waals surface area (Å²) in [6.45, 7) is -1.22. The molecule has 0 bridgehead atoms. The number of hydrogen-bond donors (Lipinski definition) is 0. The van der Waals surface area contributed by atoms with Crippen LogP contribution in [-0.2, 0) is 5.54 Å². The van der Waals surface area contributed by atoms with Crippen molar-refractivity contribution in [3.8, 4) is 0 Å². The van der Waals surface area contributed by atoms with Gasteiger partial charge in [-0.05, 0) is 54.7 Å². The van der Waals surface area contributed by atoms with Crippen LogP contribution in [0.3, 0.4) is 0 Å². The van der Waals surface area contributed by atoms with E-state index in [4.69, 9.17) is 0 Å². The van der Waals surface area contributed by atoms with Gasteiger partial charge in [0.2, 0.25) is 0 Å². The molecule has 2 aliphatic rings. The van der Waals surface area contributed by atoms with Crippen LogP contribution in [0.5, 0.6) is 0 Å². The SMILES string of the molecule is Fc1ccc(C2(C3CC3)c3cc(F)ccc3N=CN2CC(F)(F)F)cc1. The Morgan fingerprint density at radius 3 is 2.27 bits per heavy atom. The average molecular weight is 366 g/mol. The number of rotatable bonds is 3. The topological polar surface area (TPSA) is 15.6 Å². The van der Waals surface area contributed by atoms with E-state index in [0.717, 1.165) is 4.90 Å². The van der Waals surface area contributed by atoms with E-state index in [1.54, 1.807) is 0 Å². The van der Waals surface area contributed by atoms with Crippen LogP contribution in [0, 0.1) is 17.6 Å². The lowest BCUT2D eigenvalue weighted by Gasteiger charge is -2.47. The van der Waals surface area contributed by atoms with E-state index in [1.165, 1.54) is 48.8 Å². The molecule has 2 aromatic carbocycles. The van der Waals surface area contributed by atoms with Gasteiger partial charge in [0.1, 0.15) is 18.2 Å². The maximum atomic E-state index is 14.0. The Bertz CT molecular complexity index is 855. The number of benzene rings is 2. The van der Waals surface area contributed by atoms with E-state index in [9.17, 15) is 22.0 Å². The first-order chi connectivity index (χ1) is 12.3. The summed E-state index contributed by atoms with van der Waals surface area (Å²) < 4.78 is 67.3. The summed E-state index contributed by atoms with van der Waals surface area (Å²) >= 11 is 0. The van der Waals surface area contributed by atoms with Gasteiger partial charge in [-0.15, -0.1) is 0 Å². The van der Waals surface area contributed by atoms with Gasteiger partial charge in [0.25, 0.3) is 0 Å². The maximum Gasteiger partial charge on any atom is 0.405 e. The van der Waals surface area contributed by atoms with Crippen molar-refractivity contribution in [1.82, 2.24) is 4.90 Å². The van der Waals surface area contributed by atoms with Gasteiger partial charge in [-0.25, -0.2) is 13.8 Å². The molecule has 2 nitrogen and oxygen atoms in total. The third-order valence-electron chi connectivity index (χ3n) is 4.96. The quantitative estimate of drug-likeness (QED) is 0.686. The fourth-order valence-corrected chi connectivity index (χ4v) is 3.88. The number of fused-ring (bicyclic) bond motifs is 1. The highest BCUT2D eigenvalue weighted by molar-refractivity contribution is 5.73. The third-order valence-corrected chi connectivity index (χ3v) is 4.96. The van der Waals surface area contributed by atoms with Crippen LogP contribution in [-0.4, -0.2) is 24.0 Å². The van der Waals surface area contributed by atoms with E-state index in [0.29, 0.717) is 29.7 Å². The Morgan fingerprint density at radius 2 is 1.65 bits per heavy atom. The molecule has 1 aliphatic carbocycles. The molecule has 1 fully saturated rings. The normalized spacial score (nSPS) is 22.4. The number of hydrogen-bond acceptors (Lipinski definition) is 2. The molecule has 1 atom stereocenters. The molecule has 0 amide bonds. The Morgan fingerprint density at radius 1 is 1.00 bits per heavy atom. The first-order valence-corrected chi connectivity index (χ1v) is 8.24. The largest absolute Gasteiger partial charge is 0.405 e. The van der Waals surface area contributed by atoms with Gasteiger partial charge in [-0.2, -0.15) is 13.2 Å². The highest BCUT2D eigenvalue weighted by atomic mass is 19.4. The van der Waals surface area contributed by atoms with E-state index in [1.807, 2.05) is 0 Å². The van der Waals surface area contributed by atoms with Crippen LogP contribution in [0.15, 0.2) is 47.5 Å². The summed E-state index contributed by atoms with van der Waals surface area (Å²) in [4.78, 5) is 5.23. The number of aliphatic imine (C=N–C) groups is 1. The van der Waals surface area contributed by atoms with Crippen molar-refractivity contribution in [2.75, 3.05) is 6.54 Å². The van der Waals surface area contributed by atoms with Crippen LogP contribution in [0.2, 0.25) is 0 Å². The second-order valence-corrected chi connectivity index (χ2v) is 6.70.